The minimum absolute atomic E-state index is 0.0699. The summed E-state index contributed by atoms with van der Waals surface area (Å²) in [6, 6.07) is 31.0. The highest BCUT2D eigenvalue weighted by Crippen LogP contribution is 2.65. The van der Waals surface area contributed by atoms with Gasteiger partial charge < -0.3 is 24.6 Å². The molecule has 4 aromatic rings. The molecule has 1 unspecified atom stereocenters. The molecule has 0 radical (unpaired) electrons. The molecule has 0 aromatic heterocycles. The lowest BCUT2D eigenvalue weighted by atomic mass is 9.65. The molecule has 7 rings (SSSR count). The number of carbonyl (C=O) groups excluding carboxylic acids is 3. The third-order valence-electron chi connectivity index (χ3n) is 9.35. The third-order valence-corrected chi connectivity index (χ3v) is 9.35. The maximum absolute atomic E-state index is 14.7. The molecule has 3 heterocycles. The van der Waals surface area contributed by atoms with Crippen LogP contribution in [0.5, 0.6) is 5.75 Å². The van der Waals surface area contributed by atoms with Crippen molar-refractivity contribution >= 4 is 23.5 Å². The SMILES string of the molecule is C=CCOC(=O)C1[C@@H]2C(=O)O[C@@H](c3ccccc3)[C@@H](c3ccccc3)N2[C@@H](c2cccc(OCCO)c2)[C@]12C(=O)Nc1ccccc12. The summed E-state index contributed by atoms with van der Waals surface area (Å²) in [7, 11) is 0. The first-order valence-corrected chi connectivity index (χ1v) is 15.6. The van der Waals surface area contributed by atoms with Crippen LogP contribution in [0.4, 0.5) is 5.69 Å². The lowest BCUT2D eigenvalue weighted by Crippen LogP contribution is -2.52. The average molecular weight is 631 g/mol. The maximum Gasteiger partial charge on any atom is 0.325 e. The molecule has 47 heavy (non-hydrogen) atoms. The Balaban J connectivity index is 1.54. The highest BCUT2D eigenvalue weighted by Gasteiger charge is 2.74. The summed E-state index contributed by atoms with van der Waals surface area (Å²) in [4.78, 5) is 45.6. The van der Waals surface area contributed by atoms with E-state index < -0.39 is 53.4 Å². The Morgan fingerprint density at radius 1 is 0.894 bits per heavy atom. The molecule has 3 aliphatic heterocycles. The number of cyclic esters (lactones) is 1. The number of morpholine rings is 1. The third kappa shape index (κ3) is 4.90. The standard InChI is InChI=1S/C38H34N2O7/c1-2-21-46-35(42)30-32-36(43)47-33(25-14-7-4-8-15-25)31(24-12-5-3-6-13-24)40(32)34(26-16-11-17-27(23-26)45-22-20-41)38(30)28-18-9-10-19-29(28)39-37(38)44/h2-19,23,30-34,41H,1,20-22H2,(H,39,44)/t30?,31-,32-,33+,34+,38-/m1/s1. The van der Waals surface area contributed by atoms with E-state index >= 15 is 0 Å². The van der Waals surface area contributed by atoms with Crippen LogP contribution in [-0.2, 0) is 29.3 Å². The smallest absolute Gasteiger partial charge is 0.325 e. The van der Waals surface area contributed by atoms with Gasteiger partial charge in [0.05, 0.1) is 18.7 Å². The summed E-state index contributed by atoms with van der Waals surface area (Å²) in [5.74, 6) is -2.56. The zero-order valence-electron chi connectivity index (χ0n) is 25.5. The highest BCUT2D eigenvalue weighted by atomic mass is 16.6. The predicted molar refractivity (Wildman–Crippen MR) is 173 cm³/mol. The largest absolute Gasteiger partial charge is 0.491 e. The van der Waals surface area contributed by atoms with Gasteiger partial charge in [-0.1, -0.05) is 104 Å². The summed E-state index contributed by atoms with van der Waals surface area (Å²) in [6.07, 6.45) is 0.690. The van der Waals surface area contributed by atoms with Crippen molar-refractivity contribution in [1.82, 2.24) is 4.90 Å². The number of anilines is 1. The van der Waals surface area contributed by atoms with Gasteiger partial charge in [0.25, 0.3) is 0 Å². The molecular formula is C38H34N2O7. The van der Waals surface area contributed by atoms with Gasteiger partial charge in [0, 0.05) is 5.69 Å². The van der Waals surface area contributed by atoms with Crippen molar-refractivity contribution in [2.24, 2.45) is 5.92 Å². The van der Waals surface area contributed by atoms with Gasteiger partial charge in [0.2, 0.25) is 5.91 Å². The Bertz CT molecular complexity index is 1810. The molecule has 1 amide bonds. The van der Waals surface area contributed by atoms with Gasteiger partial charge in [-0.05, 0) is 40.5 Å². The number of amides is 1. The summed E-state index contributed by atoms with van der Waals surface area (Å²) in [5, 5.41) is 12.5. The van der Waals surface area contributed by atoms with E-state index in [1.54, 1.807) is 18.2 Å². The molecule has 0 aliphatic carbocycles. The zero-order chi connectivity index (χ0) is 32.5. The maximum atomic E-state index is 14.7. The Labute approximate surface area is 272 Å². The van der Waals surface area contributed by atoms with Crippen LogP contribution in [0.3, 0.4) is 0 Å². The number of fused-ring (bicyclic) bond motifs is 3. The molecule has 9 nitrogen and oxygen atoms in total. The van der Waals surface area contributed by atoms with E-state index in [0.29, 0.717) is 22.6 Å². The van der Waals surface area contributed by atoms with Gasteiger partial charge in [0.1, 0.15) is 42.4 Å². The van der Waals surface area contributed by atoms with Crippen LogP contribution >= 0.6 is 0 Å². The Hall–Kier alpha value is -5.25. The number of ether oxygens (including phenoxy) is 3. The van der Waals surface area contributed by atoms with Gasteiger partial charge in [-0.3, -0.25) is 19.3 Å². The molecule has 9 heteroatoms. The fourth-order valence-electron chi connectivity index (χ4n) is 7.68. The topological polar surface area (TPSA) is 114 Å². The van der Waals surface area contributed by atoms with Gasteiger partial charge >= 0.3 is 11.9 Å². The van der Waals surface area contributed by atoms with Crippen molar-refractivity contribution in [3.05, 3.63) is 144 Å². The lowest BCUT2D eigenvalue weighted by molar-refractivity contribution is -0.180. The van der Waals surface area contributed by atoms with Crippen molar-refractivity contribution in [3.8, 4) is 5.75 Å². The number of carbonyl (C=O) groups is 3. The molecule has 2 N–H and O–H groups in total. The second-order valence-electron chi connectivity index (χ2n) is 11.8. The molecule has 2 fully saturated rings. The van der Waals surface area contributed by atoms with Crippen molar-refractivity contribution in [3.63, 3.8) is 0 Å². The summed E-state index contributed by atoms with van der Waals surface area (Å²) >= 11 is 0. The van der Waals surface area contributed by atoms with E-state index in [1.165, 1.54) is 6.08 Å². The minimum atomic E-state index is -1.60. The number of nitrogens with one attached hydrogen (secondary N) is 1. The van der Waals surface area contributed by atoms with Crippen molar-refractivity contribution in [1.29, 1.82) is 0 Å². The van der Waals surface area contributed by atoms with Crippen LogP contribution in [0.15, 0.2) is 122 Å². The van der Waals surface area contributed by atoms with Crippen LogP contribution in [-0.4, -0.2) is 53.7 Å². The highest BCUT2D eigenvalue weighted by molar-refractivity contribution is 6.11. The first-order chi connectivity index (χ1) is 23.0. The van der Waals surface area contributed by atoms with Crippen molar-refractivity contribution in [2.75, 3.05) is 25.1 Å². The number of aliphatic hydroxyl groups excluding tert-OH is 1. The number of hydrogen-bond acceptors (Lipinski definition) is 8. The summed E-state index contributed by atoms with van der Waals surface area (Å²) in [5.41, 5.74) is 1.81. The second-order valence-corrected chi connectivity index (χ2v) is 11.8. The van der Waals surface area contributed by atoms with Crippen LogP contribution < -0.4 is 10.1 Å². The average Bonchev–Trinajstić information content (AvgIpc) is 3.59. The van der Waals surface area contributed by atoms with Crippen molar-refractivity contribution in [2.45, 2.75) is 29.6 Å². The minimum Gasteiger partial charge on any atom is -0.491 e. The Kier molecular flexibility index (Phi) is 8.09. The number of benzene rings is 4. The molecule has 6 atom stereocenters. The van der Waals surface area contributed by atoms with E-state index in [2.05, 4.69) is 11.9 Å². The van der Waals surface area contributed by atoms with Crippen LogP contribution in [0, 0.1) is 5.92 Å². The Morgan fingerprint density at radius 2 is 1.57 bits per heavy atom. The summed E-state index contributed by atoms with van der Waals surface area (Å²) < 4.78 is 17.9. The van der Waals surface area contributed by atoms with Gasteiger partial charge in [-0.2, -0.15) is 0 Å². The van der Waals surface area contributed by atoms with E-state index in [-0.39, 0.29) is 19.8 Å². The molecular weight excluding hydrogens is 596 g/mol. The first kappa shape index (κ1) is 30.4. The fourth-order valence-corrected chi connectivity index (χ4v) is 7.68. The van der Waals surface area contributed by atoms with Crippen LogP contribution in [0.2, 0.25) is 0 Å². The number of para-hydroxylation sites is 1. The molecule has 238 valence electrons. The van der Waals surface area contributed by atoms with E-state index in [9.17, 15) is 19.5 Å². The van der Waals surface area contributed by atoms with E-state index in [4.69, 9.17) is 14.2 Å². The lowest BCUT2D eigenvalue weighted by Gasteiger charge is -2.46. The molecule has 0 saturated carbocycles. The summed E-state index contributed by atoms with van der Waals surface area (Å²) in [6.45, 7) is 3.49. The number of aliphatic hydroxyl groups is 1. The molecule has 4 aromatic carbocycles. The number of hydrogen-bond donors (Lipinski definition) is 2. The normalized spacial score (nSPS) is 26.2. The first-order valence-electron chi connectivity index (χ1n) is 15.6. The van der Waals surface area contributed by atoms with Crippen LogP contribution in [0.1, 0.15) is 40.4 Å². The fraction of sp³-hybridized carbons (Fsp3) is 0.237. The second kappa shape index (κ2) is 12.5. The number of esters is 2. The monoisotopic (exact) mass is 630 g/mol. The quantitative estimate of drug-likeness (QED) is 0.195. The predicted octanol–water partition coefficient (Wildman–Crippen LogP) is 5.06. The van der Waals surface area contributed by atoms with Gasteiger partial charge in [-0.15, -0.1) is 0 Å². The van der Waals surface area contributed by atoms with Crippen LogP contribution in [0.25, 0.3) is 0 Å². The van der Waals surface area contributed by atoms with E-state index in [1.807, 2.05) is 95.9 Å². The zero-order valence-corrected chi connectivity index (χ0v) is 25.5. The Morgan fingerprint density at radius 3 is 2.30 bits per heavy atom. The molecule has 1 spiro atoms. The van der Waals surface area contributed by atoms with Crippen molar-refractivity contribution < 1.29 is 33.7 Å². The molecule has 2 saturated heterocycles. The van der Waals surface area contributed by atoms with E-state index in [0.717, 1.165) is 11.1 Å². The van der Waals surface area contributed by atoms with Gasteiger partial charge in [-0.25, -0.2) is 0 Å². The molecule has 0 bridgehead atoms. The van der Waals surface area contributed by atoms with Gasteiger partial charge in [0.15, 0.2) is 0 Å². The number of rotatable bonds is 9. The number of nitrogens with zero attached hydrogens (tertiary/aromatic N) is 1. The molecule has 3 aliphatic rings.